The predicted octanol–water partition coefficient (Wildman–Crippen LogP) is 3.97. The lowest BCUT2D eigenvalue weighted by Gasteiger charge is -2.23. The first kappa shape index (κ1) is 14.2. The van der Waals surface area contributed by atoms with Gasteiger partial charge in [-0.2, -0.15) is 0 Å². The Morgan fingerprint density at radius 1 is 0.947 bits per heavy atom. The van der Waals surface area contributed by atoms with Crippen LogP contribution in [-0.4, -0.2) is 21.3 Å². The molecule has 0 N–H and O–H groups in total. The number of benzene rings is 2. The van der Waals surface area contributed by atoms with Gasteiger partial charge < -0.3 is 13.8 Å². The van der Waals surface area contributed by atoms with Gasteiger partial charge in [0.2, 0.25) is 0 Å². The molecule has 0 amide bonds. The molecule has 0 saturated carbocycles. The van der Waals surface area contributed by atoms with Crippen LogP contribution in [0.2, 0.25) is 0 Å². The van der Waals surface area contributed by atoms with E-state index in [-0.39, 0.29) is 0 Å². The third kappa shape index (κ3) is 2.72. The Kier molecular flexibility index (Phi) is 4.38. The molecule has 1 unspecified atom stereocenters. The fourth-order valence-corrected chi connectivity index (χ4v) is 3.39. The Labute approximate surface area is 112 Å². The largest absolute Gasteiger partial charge is 0.364 e. The molecule has 0 spiro atoms. The van der Waals surface area contributed by atoms with Crippen molar-refractivity contribution in [1.82, 2.24) is 0 Å². The molecule has 0 bridgehead atoms. The van der Waals surface area contributed by atoms with E-state index in [9.17, 15) is 4.57 Å². The lowest BCUT2D eigenvalue weighted by molar-refractivity contribution is 0.123. The third-order valence-electron chi connectivity index (χ3n) is 3.08. The van der Waals surface area contributed by atoms with Crippen LogP contribution in [0, 0.1) is 0 Å². The summed E-state index contributed by atoms with van der Waals surface area (Å²) in [6, 6.07) is 13.7. The molecule has 5 heteroatoms. The zero-order valence-electron chi connectivity index (χ0n) is 11.2. The van der Waals surface area contributed by atoms with Crippen LogP contribution in [0.4, 0.5) is 0 Å². The Morgan fingerprint density at radius 3 is 2.16 bits per heavy atom. The second-order valence-corrected chi connectivity index (χ2v) is 6.38. The summed E-state index contributed by atoms with van der Waals surface area (Å²) in [5, 5.41) is 2.17. The SMILES string of the molecule is COC(c1ccc2ccccc2c1)P(=O)(OC)OC. The fourth-order valence-electron chi connectivity index (χ4n) is 2.08. The first-order valence-electron chi connectivity index (χ1n) is 5.87. The summed E-state index contributed by atoms with van der Waals surface area (Å²) in [4.78, 5) is 0. The topological polar surface area (TPSA) is 44.8 Å². The first-order chi connectivity index (χ1) is 9.14. The van der Waals surface area contributed by atoms with Crippen molar-refractivity contribution in [2.24, 2.45) is 0 Å². The molecule has 2 rings (SSSR count). The minimum Gasteiger partial charge on any atom is -0.364 e. The van der Waals surface area contributed by atoms with Crippen LogP contribution in [0.1, 0.15) is 11.4 Å². The Morgan fingerprint density at radius 2 is 1.58 bits per heavy atom. The van der Waals surface area contributed by atoms with E-state index in [2.05, 4.69) is 0 Å². The smallest absolute Gasteiger partial charge is 0.363 e. The van der Waals surface area contributed by atoms with E-state index in [1.807, 2.05) is 42.5 Å². The highest BCUT2D eigenvalue weighted by atomic mass is 31.2. The number of methoxy groups -OCH3 is 1. The summed E-state index contributed by atoms with van der Waals surface area (Å²) < 4.78 is 27.8. The van der Waals surface area contributed by atoms with Gasteiger partial charge in [0.15, 0.2) is 5.85 Å². The van der Waals surface area contributed by atoms with Crippen LogP contribution >= 0.6 is 7.60 Å². The maximum absolute atomic E-state index is 12.4. The highest BCUT2D eigenvalue weighted by Gasteiger charge is 2.35. The van der Waals surface area contributed by atoms with E-state index in [0.717, 1.165) is 16.3 Å². The summed E-state index contributed by atoms with van der Waals surface area (Å²) in [5.74, 6) is -0.730. The average molecular weight is 280 g/mol. The van der Waals surface area contributed by atoms with E-state index in [1.54, 1.807) is 0 Å². The van der Waals surface area contributed by atoms with E-state index in [4.69, 9.17) is 13.8 Å². The number of hydrogen-bond acceptors (Lipinski definition) is 4. The molecule has 0 saturated heterocycles. The van der Waals surface area contributed by atoms with Gasteiger partial charge in [0.1, 0.15) is 0 Å². The van der Waals surface area contributed by atoms with Crippen LogP contribution < -0.4 is 0 Å². The van der Waals surface area contributed by atoms with Crippen molar-refractivity contribution in [3.8, 4) is 0 Å². The van der Waals surface area contributed by atoms with Gasteiger partial charge in [-0.15, -0.1) is 0 Å². The Bertz CT molecular complexity index is 603. The van der Waals surface area contributed by atoms with Crippen molar-refractivity contribution in [2.45, 2.75) is 5.85 Å². The van der Waals surface area contributed by atoms with Crippen molar-refractivity contribution < 1.29 is 18.3 Å². The van der Waals surface area contributed by atoms with Crippen molar-refractivity contribution in [1.29, 1.82) is 0 Å². The van der Waals surface area contributed by atoms with Crippen LogP contribution in [0.15, 0.2) is 42.5 Å². The molecular weight excluding hydrogens is 263 g/mol. The summed E-state index contributed by atoms with van der Waals surface area (Å²) in [6.07, 6.45) is 0. The van der Waals surface area contributed by atoms with Gasteiger partial charge in [-0.05, 0) is 22.4 Å². The van der Waals surface area contributed by atoms with Crippen molar-refractivity contribution >= 4 is 18.4 Å². The summed E-state index contributed by atoms with van der Waals surface area (Å²) in [5.41, 5.74) is 0.772. The average Bonchev–Trinajstić information content (AvgIpc) is 2.47. The molecule has 1 atom stereocenters. The molecule has 0 aromatic heterocycles. The molecule has 0 aliphatic rings. The van der Waals surface area contributed by atoms with Crippen LogP contribution in [0.3, 0.4) is 0 Å². The van der Waals surface area contributed by atoms with E-state index < -0.39 is 13.4 Å². The molecule has 0 fully saturated rings. The minimum atomic E-state index is -3.31. The lowest BCUT2D eigenvalue weighted by atomic mass is 10.1. The highest BCUT2D eigenvalue weighted by molar-refractivity contribution is 7.54. The Hall–Kier alpha value is -1.19. The molecule has 0 heterocycles. The number of rotatable bonds is 5. The summed E-state index contributed by atoms with van der Waals surface area (Å²) in [6.45, 7) is 0. The molecule has 4 nitrogen and oxygen atoms in total. The van der Waals surface area contributed by atoms with Crippen LogP contribution in [-0.2, 0) is 18.3 Å². The summed E-state index contributed by atoms with van der Waals surface area (Å²) >= 11 is 0. The van der Waals surface area contributed by atoms with Crippen LogP contribution in [0.25, 0.3) is 10.8 Å². The van der Waals surface area contributed by atoms with E-state index in [1.165, 1.54) is 21.3 Å². The minimum absolute atomic E-state index is 0.730. The van der Waals surface area contributed by atoms with Gasteiger partial charge in [-0.25, -0.2) is 0 Å². The molecule has 0 aliphatic carbocycles. The monoisotopic (exact) mass is 280 g/mol. The zero-order chi connectivity index (χ0) is 13.9. The quantitative estimate of drug-likeness (QED) is 0.777. The molecule has 0 aliphatic heterocycles. The first-order valence-corrected chi connectivity index (χ1v) is 7.48. The maximum atomic E-state index is 12.4. The second-order valence-electron chi connectivity index (χ2n) is 4.10. The lowest BCUT2D eigenvalue weighted by Crippen LogP contribution is -2.05. The van der Waals surface area contributed by atoms with Gasteiger partial charge >= 0.3 is 7.60 Å². The second kappa shape index (κ2) is 5.85. The number of ether oxygens (including phenoxy) is 1. The van der Waals surface area contributed by atoms with Gasteiger partial charge in [0, 0.05) is 21.3 Å². The third-order valence-corrected chi connectivity index (χ3v) is 5.18. The van der Waals surface area contributed by atoms with Gasteiger partial charge in [0.25, 0.3) is 0 Å². The highest BCUT2D eigenvalue weighted by Crippen LogP contribution is 2.60. The number of hydrogen-bond donors (Lipinski definition) is 0. The molecule has 0 radical (unpaired) electrons. The summed E-state index contributed by atoms with van der Waals surface area (Å²) in [7, 11) is 0.894. The van der Waals surface area contributed by atoms with E-state index >= 15 is 0 Å². The van der Waals surface area contributed by atoms with E-state index in [0.29, 0.717) is 0 Å². The molecule has 19 heavy (non-hydrogen) atoms. The normalized spacial score (nSPS) is 13.6. The Balaban J connectivity index is 2.49. The molecule has 102 valence electrons. The number of fused-ring (bicyclic) bond motifs is 1. The van der Waals surface area contributed by atoms with Gasteiger partial charge in [-0.1, -0.05) is 36.4 Å². The standard InChI is InChI=1S/C14H17O4P/c1-16-14(19(15,17-2)18-3)13-9-8-11-6-4-5-7-12(11)10-13/h4-10,14H,1-3H3. The molecule has 2 aromatic carbocycles. The van der Waals surface area contributed by atoms with Gasteiger partial charge in [-0.3, -0.25) is 4.57 Å². The fraction of sp³-hybridized carbons (Fsp3) is 0.286. The van der Waals surface area contributed by atoms with Crippen molar-refractivity contribution in [3.63, 3.8) is 0 Å². The molecular formula is C14H17O4P. The molecule has 2 aromatic rings. The van der Waals surface area contributed by atoms with Crippen molar-refractivity contribution in [3.05, 3.63) is 48.0 Å². The predicted molar refractivity (Wildman–Crippen MR) is 75.3 cm³/mol. The zero-order valence-corrected chi connectivity index (χ0v) is 12.1. The van der Waals surface area contributed by atoms with Crippen LogP contribution in [0.5, 0.6) is 0 Å². The maximum Gasteiger partial charge on any atom is 0.363 e. The van der Waals surface area contributed by atoms with Crippen molar-refractivity contribution in [2.75, 3.05) is 21.3 Å². The van der Waals surface area contributed by atoms with Gasteiger partial charge in [0.05, 0.1) is 0 Å².